The molecule has 0 aromatic rings. The summed E-state index contributed by atoms with van der Waals surface area (Å²) in [6.45, 7) is 10.4. The molecule has 0 bridgehead atoms. The average Bonchev–Trinajstić information content (AvgIpc) is 2.45. The molecule has 2 unspecified atom stereocenters. The molecule has 0 aromatic carbocycles. The molecule has 1 amide bonds. The second-order valence-electron chi connectivity index (χ2n) is 6.42. The van der Waals surface area contributed by atoms with E-state index in [4.69, 9.17) is 4.74 Å². The van der Waals surface area contributed by atoms with Crippen LogP contribution in [0.3, 0.4) is 0 Å². The van der Waals surface area contributed by atoms with Gasteiger partial charge in [0.2, 0.25) is 5.91 Å². The number of nitrogens with one attached hydrogen (secondary N) is 2. The van der Waals surface area contributed by atoms with Crippen molar-refractivity contribution >= 4 is 5.91 Å². The van der Waals surface area contributed by atoms with Crippen molar-refractivity contribution < 1.29 is 9.53 Å². The van der Waals surface area contributed by atoms with E-state index in [1.807, 2.05) is 0 Å². The highest BCUT2D eigenvalue weighted by Gasteiger charge is 2.24. The molecule has 1 fully saturated rings. The van der Waals surface area contributed by atoms with E-state index >= 15 is 0 Å². The number of rotatable bonds is 9. The quantitative estimate of drug-likeness (QED) is 0.629. The Labute approximate surface area is 129 Å². The maximum absolute atomic E-state index is 12.2. The average molecular weight is 299 g/mol. The van der Waals surface area contributed by atoms with Gasteiger partial charge in [-0.25, -0.2) is 0 Å². The summed E-state index contributed by atoms with van der Waals surface area (Å²) in [4.78, 5) is 14.5. The number of nitrogens with zero attached hydrogens (tertiary/aromatic N) is 1. The van der Waals surface area contributed by atoms with Crippen LogP contribution in [0.15, 0.2) is 0 Å². The van der Waals surface area contributed by atoms with E-state index < -0.39 is 0 Å². The van der Waals surface area contributed by atoms with E-state index in [-0.39, 0.29) is 11.9 Å². The molecule has 5 nitrogen and oxygen atoms in total. The zero-order valence-corrected chi connectivity index (χ0v) is 14.2. The molecule has 1 aliphatic heterocycles. The standard InChI is InChI=1S/C16H33N3O2/c1-13(2)14(3)18-16(20)12-19-9-6-5-7-15(19)11-17-8-10-21-4/h13-15,17H,5-12H2,1-4H3,(H,18,20). The summed E-state index contributed by atoms with van der Waals surface area (Å²) in [5, 5.41) is 6.52. The highest BCUT2D eigenvalue weighted by Crippen LogP contribution is 2.16. The van der Waals surface area contributed by atoms with Gasteiger partial charge in [0, 0.05) is 32.3 Å². The van der Waals surface area contributed by atoms with Gasteiger partial charge in [0.25, 0.3) is 0 Å². The van der Waals surface area contributed by atoms with E-state index in [2.05, 4.69) is 36.3 Å². The third-order valence-electron chi connectivity index (χ3n) is 4.35. The van der Waals surface area contributed by atoms with Crippen LogP contribution in [0.1, 0.15) is 40.0 Å². The lowest BCUT2D eigenvalue weighted by molar-refractivity contribution is -0.124. The Morgan fingerprint density at radius 1 is 1.33 bits per heavy atom. The van der Waals surface area contributed by atoms with Gasteiger partial charge in [0.15, 0.2) is 0 Å². The lowest BCUT2D eigenvalue weighted by Gasteiger charge is -2.35. The summed E-state index contributed by atoms with van der Waals surface area (Å²) in [5.74, 6) is 0.627. The maximum Gasteiger partial charge on any atom is 0.234 e. The largest absolute Gasteiger partial charge is 0.383 e. The fraction of sp³-hybridized carbons (Fsp3) is 0.938. The van der Waals surface area contributed by atoms with Crippen molar-refractivity contribution in [2.24, 2.45) is 5.92 Å². The van der Waals surface area contributed by atoms with Crippen molar-refractivity contribution in [3.63, 3.8) is 0 Å². The van der Waals surface area contributed by atoms with Gasteiger partial charge < -0.3 is 15.4 Å². The first kappa shape index (κ1) is 18.4. The van der Waals surface area contributed by atoms with Crippen LogP contribution in [0, 0.1) is 5.92 Å². The fourth-order valence-electron chi connectivity index (χ4n) is 2.59. The number of hydrogen-bond acceptors (Lipinski definition) is 4. The Kier molecular flexibility index (Phi) is 8.88. The third kappa shape index (κ3) is 7.25. The third-order valence-corrected chi connectivity index (χ3v) is 4.35. The first-order valence-corrected chi connectivity index (χ1v) is 8.27. The molecule has 0 aromatic heterocycles. The molecule has 1 saturated heterocycles. The van der Waals surface area contributed by atoms with Gasteiger partial charge in [0.1, 0.15) is 0 Å². The van der Waals surface area contributed by atoms with Crippen LogP contribution < -0.4 is 10.6 Å². The Morgan fingerprint density at radius 3 is 2.76 bits per heavy atom. The molecule has 2 N–H and O–H groups in total. The molecule has 0 radical (unpaired) electrons. The Bertz CT molecular complexity index is 297. The monoisotopic (exact) mass is 299 g/mol. The molecule has 124 valence electrons. The first-order valence-electron chi connectivity index (χ1n) is 8.27. The topological polar surface area (TPSA) is 53.6 Å². The minimum atomic E-state index is 0.153. The molecule has 2 atom stereocenters. The maximum atomic E-state index is 12.2. The first-order chi connectivity index (χ1) is 10.0. The number of amides is 1. The van der Waals surface area contributed by atoms with Crippen LogP contribution in [-0.4, -0.2) is 62.8 Å². The predicted octanol–water partition coefficient (Wildman–Crippen LogP) is 1.24. The summed E-state index contributed by atoms with van der Waals surface area (Å²) < 4.78 is 5.05. The fourth-order valence-corrected chi connectivity index (χ4v) is 2.59. The van der Waals surface area contributed by atoms with Gasteiger partial charge in [-0.2, -0.15) is 0 Å². The van der Waals surface area contributed by atoms with Crippen molar-refractivity contribution in [3.8, 4) is 0 Å². The summed E-state index contributed by atoms with van der Waals surface area (Å²) in [7, 11) is 1.72. The molecule has 0 saturated carbocycles. The summed E-state index contributed by atoms with van der Waals surface area (Å²) >= 11 is 0. The number of ether oxygens (including phenoxy) is 1. The molecular formula is C16H33N3O2. The number of piperidine rings is 1. The minimum Gasteiger partial charge on any atom is -0.383 e. The smallest absolute Gasteiger partial charge is 0.234 e. The molecule has 0 aliphatic carbocycles. The molecule has 5 heteroatoms. The summed E-state index contributed by atoms with van der Waals surface area (Å²) in [6.07, 6.45) is 3.63. The van der Waals surface area contributed by atoms with Crippen LogP contribution in [0.25, 0.3) is 0 Å². The van der Waals surface area contributed by atoms with Crippen molar-refractivity contribution in [2.75, 3.05) is 39.9 Å². The second-order valence-corrected chi connectivity index (χ2v) is 6.42. The summed E-state index contributed by atoms with van der Waals surface area (Å²) in [6, 6.07) is 0.705. The lowest BCUT2D eigenvalue weighted by Crippen LogP contribution is -2.51. The Balaban J connectivity index is 2.36. The molecule has 1 aliphatic rings. The number of carbonyl (C=O) groups excluding carboxylic acids is 1. The normalized spacial score (nSPS) is 21.5. The van der Waals surface area contributed by atoms with E-state index in [9.17, 15) is 4.79 Å². The van der Waals surface area contributed by atoms with Crippen molar-refractivity contribution in [2.45, 2.75) is 52.1 Å². The van der Waals surface area contributed by atoms with Gasteiger partial charge in [-0.15, -0.1) is 0 Å². The Morgan fingerprint density at radius 2 is 2.10 bits per heavy atom. The number of likely N-dealkylation sites (tertiary alicyclic amines) is 1. The zero-order chi connectivity index (χ0) is 15.7. The minimum absolute atomic E-state index is 0.153. The number of hydrogen-bond donors (Lipinski definition) is 2. The highest BCUT2D eigenvalue weighted by molar-refractivity contribution is 5.78. The summed E-state index contributed by atoms with van der Waals surface area (Å²) in [5.41, 5.74) is 0. The lowest BCUT2D eigenvalue weighted by atomic mass is 10.0. The molecule has 21 heavy (non-hydrogen) atoms. The van der Waals surface area contributed by atoms with Crippen molar-refractivity contribution in [3.05, 3.63) is 0 Å². The number of methoxy groups -OCH3 is 1. The molecule has 1 heterocycles. The Hall–Kier alpha value is -0.650. The van der Waals surface area contributed by atoms with Crippen LogP contribution >= 0.6 is 0 Å². The van der Waals surface area contributed by atoms with E-state index in [1.165, 1.54) is 19.3 Å². The van der Waals surface area contributed by atoms with Gasteiger partial charge in [-0.05, 0) is 32.2 Å². The van der Waals surface area contributed by atoms with Crippen molar-refractivity contribution in [1.29, 1.82) is 0 Å². The van der Waals surface area contributed by atoms with E-state index in [1.54, 1.807) is 7.11 Å². The zero-order valence-electron chi connectivity index (χ0n) is 14.2. The SMILES string of the molecule is COCCNCC1CCCCN1CC(=O)NC(C)C(C)C. The molecular weight excluding hydrogens is 266 g/mol. The van der Waals surface area contributed by atoms with Crippen LogP contribution in [0.2, 0.25) is 0 Å². The van der Waals surface area contributed by atoms with Crippen molar-refractivity contribution in [1.82, 2.24) is 15.5 Å². The van der Waals surface area contributed by atoms with Crippen LogP contribution in [0.4, 0.5) is 0 Å². The van der Waals surface area contributed by atoms with E-state index in [0.29, 0.717) is 18.5 Å². The number of carbonyl (C=O) groups is 1. The second kappa shape index (κ2) is 10.1. The van der Waals surface area contributed by atoms with Gasteiger partial charge in [0.05, 0.1) is 13.2 Å². The van der Waals surface area contributed by atoms with E-state index in [0.717, 1.165) is 26.2 Å². The molecule has 0 spiro atoms. The van der Waals surface area contributed by atoms with Gasteiger partial charge in [-0.3, -0.25) is 9.69 Å². The predicted molar refractivity (Wildman–Crippen MR) is 86.4 cm³/mol. The van der Waals surface area contributed by atoms with Crippen LogP contribution in [0.5, 0.6) is 0 Å². The van der Waals surface area contributed by atoms with Crippen LogP contribution in [-0.2, 0) is 9.53 Å². The van der Waals surface area contributed by atoms with Gasteiger partial charge >= 0.3 is 0 Å². The highest BCUT2D eigenvalue weighted by atomic mass is 16.5. The molecule has 1 rings (SSSR count). The van der Waals surface area contributed by atoms with Gasteiger partial charge in [-0.1, -0.05) is 20.3 Å².